The van der Waals surface area contributed by atoms with Crippen molar-refractivity contribution in [2.45, 2.75) is 90.4 Å². The number of nitrogens with zero attached hydrogens (tertiary/aromatic N) is 1. The normalized spacial score (nSPS) is 19.4. The van der Waals surface area contributed by atoms with E-state index in [1.807, 2.05) is 24.3 Å². The fraction of sp³-hybridized carbons (Fsp3) is 0.708. The zero-order valence-corrected chi connectivity index (χ0v) is 17.9. The van der Waals surface area contributed by atoms with Crippen molar-refractivity contribution in [2.24, 2.45) is 16.8 Å². The summed E-state index contributed by atoms with van der Waals surface area (Å²) in [5.41, 5.74) is 0.831. The fourth-order valence-electron chi connectivity index (χ4n) is 4.44. The van der Waals surface area contributed by atoms with Crippen molar-refractivity contribution in [3.8, 4) is 5.75 Å². The maximum absolute atomic E-state index is 5.91. The zero-order chi connectivity index (χ0) is 19.2. The average molecular weight is 388 g/mol. The summed E-state index contributed by atoms with van der Waals surface area (Å²) >= 11 is 4.63. The fourth-order valence-corrected chi connectivity index (χ4v) is 4.54. The Balaban J connectivity index is 1.62. The lowest BCUT2D eigenvalue weighted by Crippen LogP contribution is -2.20. The van der Waals surface area contributed by atoms with Crippen LogP contribution in [0.1, 0.15) is 90.4 Å². The Kier molecular flexibility index (Phi) is 11.4. The first-order chi connectivity index (χ1) is 13.3. The maximum Gasteiger partial charge on any atom is 0.119 e. The van der Waals surface area contributed by atoms with Gasteiger partial charge in [0.05, 0.1) is 17.5 Å². The first-order valence-corrected chi connectivity index (χ1v) is 11.5. The summed E-state index contributed by atoms with van der Waals surface area (Å²) in [6.07, 6.45) is 18.2. The van der Waals surface area contributed by atoms with Gasteiger partial charge in [-0.3, -0.25) is 0 Å². The van der Waals surface area contributed by atoms with Crippen LogP contribution in [0.2, 0.25) is 0 Å². The van der Waals surface area contributed by atoms with Crippen LogP contribution in [0.25, 0.3) is 0 Å². The molecule has 0 N–H and O–H groups in total. The molecule has 1 aliphatic rings. The molecule has 0 spiro atoms. The minimum Gasteiger partial charge on any atom is -0.494 e. The summed E-state index contributed by atoms with van der Waals surface area (Å²) < 4.78 is 5.91. The van der Waals surface area contributed by atoms with Crippen LogP contribution in [0.3, 0.4) is 0 Å². The molecular weight excluding hydrogens is 350 g/mol. The average Bonchev–Trinajstić information content (AvgIpc) is 2.70. The highest BCUT2D eigenvalue weighted by Gasteiger charge is 2.24. The Hall–Kier alpha value is -1.18. The third-order valence-electron chi connectivity index (χ3n) is 5.99. The van der Waals surface area contributed by atoms with Crippen molar-refractivity contribution in [3.63, 3.8) is 0 Å². The molecule has 150 valence electrons. The molecule has 0 aliphatic heterocycles. The maximum atomic E-state index is 5.91. The van der Waals surface area contributed by atoms with Gasteiger partial charge in [0.15, 0.2) is 0 Å². The highest BCUT2D eigenvalue weighted by Crippen LogP contribution is 2.36. The molecule has 2 rings (SSSR count). The van der Waals surface area contributed by atoms with Crippen molar-refractivity contribution >= 4 is 23.1 Å². The van der Waals surface area contributed by atoms with E-state index in [-0.39, 0.29) is 0 Å². The van der Waals surface area contributed by atoms with Crippen LogP contribution in [0.15, 0.2) is 29.3 Å². The Morgan fingerprint density at radius 1 is 0.926 bits per heavy atom. The summed E-state index contributed by atoms with van der Waals surface area (Å²) in [5.74, 6) is 2.82. The van der Waals surface area contributed by atoms with Crippen molar-refractivity contribution in [3.05, 3.63) is 24.3 Å². The highest BCUT2D eigenvalue weighted by atomic mass is 32.1. The molecule has 0 saturated heterocycles. The molecule has 1 aromatic rings. The van der Waals surface area contributed by atoms with Crippen LogP contribution >= 0.6 is 12.2 Å². The van der Waals surface area contributed by atoms with Gasteiger partial charge in [0.25, 0.3) is 0 Å². The van der Waals surface area contributed by atoms with Crippen molar-refractivity contribution in [1.82, 2.24) is 0 Å². The van der Waals surface area contributed by atoms with E-state index in [0.29, 0.717) is 0 Å². The molecule has 3 heteroatoms. The summed E-state index contributed by atoms with van der Waals surface area (Å²) in [5, 5.41) is 2.39. The molecule has 2 nitrogen and oxygen atoms in total. The number of isothiocyanates is 1. The molecule has 1 fully saturated rings. The SMILES string of the molecule is CCCCCCCCC1CCCCC1CCCOc1ccc(N=C=S)cc1. The van der Waals surface area contributed by atoms with E-state index in [1.54, 1.807) is 0 Å². The van der Waals surface area contributed by atoms with Crippen LogP contribution in [-0.2, 0) is 0 Å². The Bertz CT molecular complexity index is 550. The molecule has 2 unspecified atom stereocenters. The zero-order valence-electron chi connectivity index (χ0n) is 17.1. The van der Waals surface area contributed by atoms with Gasteiger partial charge in [-0.05, 0) is 61.2 Å². The van der Waals surface area contributed by atoms with Gasteiger partial charge in [-0.15, -0.1) is 0 Å². The Morgan fingerprint density at radius 2 is 1.56 bits per heavy atom. The number of ether oxygens (including phenoxy) is 1. The predicted molar refractivity (Wildman–Crippen MR) is 119 cm³/mol. The van der Waals surface area contributed by atoms with Crippen LogP contribution < -0.4 is 4.74 Å². The third-order valence-corrected chi connectivity index (χ3v) is 6.09. The smallest absolute Gasteiger partial charge is 0.119 e. The number of unbranched alkanes of at least 4 members (excludes halogenated alkanes) is 5. The second kappa shape index (κ2) is 13.9. The topological polar surface area (TPSA) is 21.6 Å². The van der Waals surface area contributed by atoms with Crippen molar-refractivity contribution in [2.75, 3.05) is 6.61 Å². The molecule has 27 heavy (non-hydrogen) atoms. The quantitative estimate of drug-likeness (QED) is 0.193. The molecular formula is C24H37NOS. The predicted octanol–water partition coefficient (Wildman–Crippen LogP) is 8.14. The van der Waals surface area contributed by atoms with E-state index < -0.39 is 0 Å². The van der Waals surface area contributed by atoms with Gasteiger partial charge < -0.3 is 4.74 Å². The standard InChI is InChI=1S/C24H37NOS/c1-2-3-4-5-6-7-11-21-12-8-9-13-22(21)14-10-19-26-24-17-15-23(16-18-24)25-20-27/h15-18,21-22H,2-14,19H2,1H3. The second-order valence-corrected chi connectivity index (χ2v) is 8.23. The Labute approximate surface area is 171 Å². The molecule has 0 heterocycles. The second-order valence-electron chi connectivity index (χ2n) is 8.05. The summed E-state index contributed by atoms with van der Waals surface area (Å²) in [7, 11) is 0. The number of hydrogen-bond acceptors (Lipinski definition) is 3. The van der Waals surface area contributed by atoms with Crippen LogP contribution in [0.4, 0.5) is 5.69 Å². The van der Waals surface area contributed by atoms with Crippen LogP contribution in [0.5, 0.6) is 5.75 Å². The Morgan fingerprint density at radius 3 is 2.22 bits per heavy atom. The van der Waals surface area contributed by atoms with E-state index >= 15 is 0 Å². The highest BCUT2D eigenvalue weighted by molar-refractivity contribution is 7.78. The monoisotopic (exact) mass is 387 g/mol. The lowest BCUT2D eigenvalue weighted by Gasteiger charge is -2.31. The number of rotatable bonds is 13. The minimum absolute atomic E-state index is 0.815. The minimum atomic E-state index is 0.815. The number of aliphatic imine (C=N–C) groups is 1. The molecule has 0 aromatic heterocycles. The van der Waals surface area contributed by atoms with Gasteiger partial charge in [-0.25, -0.2) is 0 Å². The number of hydrogen-bond donors (Lipinski definition) is 0. The molecule has 1 aromatic carbocycles. The van der Waals surface area contributed by atoms with E-state index in [2.05, 4.69) is 29.3 Å². The summed E-state index contributed by atoms with van der Waals surface area (Å²) in [4.78, 5) is 3.97. The summed E-state index contributed by atoms with van der Waals surface area (Å²) in [6, 6.07) is 7.78. The first-order valence-electron chi connectivity index (χ1n) is 11.1. The number of thiocarbonyl (C=S) groups is 1. The molecule has 1 aliphatic carbocycles. The first kappa shape index (κ1) is 22.1. The van der Waals surface area contributed by atoms with E-state index in [9.17, 15) is 0 Å². The molecule has 2 atom stereocenters. The third kappa shape index (κ3) is 9.04. The molecule has 0 radical (unpaired) electrons. The molecule has 1 saturated carbocycles. The van der Waals surface area contributed by atoms with Crippen molar-refractivity contribution < 1.29 is 4.74 Å². The van der Waals surface area contributed by atoms with E-state index in [0.717, 1.165) is 36.3 Å². The van der Waals surface area contributed by atoms with Gasteiger partial charge >= 0.3 is 0 Å². The van der Waals surface area contributed by atoms with E-state index in [1.165, 1.54) is 77.0 Å². The molecule has 0 bridgehead atoms. The molecule has 0 amide bonds. The van der Waals surface area contributed by atoms with E-state index in [4.69, 9.17) is 4.74 Å². The lowest BCUT2D eigenvalue weighted by molar-refractivity contribution is 0.190. The van der Waals surface area contributed by atoms with Gasteiger partial charge in [0.1, 0.15) is 5.75 Å². The largest absolute Gasteiger partial charge is 0.494 e. The lowest BCUT2D eigenvalue weighted by atomic mass is 9.74. The van der Waals surface area contributed by atoms with Crippen LogP contribution in [-0.4, -0.2) is 11.8 Å². The van der Waals surface area contributed by atoms with Gasteiger partial charge in [0.2, 0.25) is 0 Å². The van der Waals surface area contributed by atoms with Crippen molar-refractivity contribution in [1.29, 1.82) is 0 Å². The van der Waals surface area contributed by atoms with Crippen LogP contribution in [0, 0.1) is 11.8 Å². The van der Waals surface area contributed by atoms with Gasteiger partial charge in [-0.1, -0.05) is 77.6 Å². The van der Waals surface area contributed by atoms with Gasteiger partial charge in [0, 0.05) is 0 Å². The summed E-state index contributed by atoms with van der Waals surface area (Å²) in [6.45, 7) is 3.11. The van der Waals surface area contributed by atoms with Gasteiger partial charge in [-0.2, -0.15) is 4.99 Å². The number of benzene rings is 1.